The summed E-state index contributed by atoms with van der Waals surface area (Å²) in [5.74, 6) is -1.92. The number of amides is 2. The van der Waals surface area contributed by atoms with Crippen LogP contribution in [0.25, 0.3) is 0 Å². The molecule has 2 aromatic carbocycles. The van der Waals surface area contributed by atoms with Gasteiger partial charge in [-0.3, -0.25) is 14.4 Å². The van der Waals surface area contributed by atoms with Gasteiger partial charge < -0.3 is 15.0 Å². The van der Waals surface area contributed by atoms with Crippen molar-refractivity contribution in [2.45, 2.75) is 33.3 Å². The van der Waals surface area contributed by atoms with E-state index >= 15 is 0 Å². The Morgan fingerprint density at radius 2 is 1.93 bits per heavy atom. The first-order valence-corrected chi connectivity index (χ1v) is 9.69. The Hall–Kier alpha value is -3.66. The molecule has 3 rings (SSSR count). The molecule has 2 atom stereocenters. The van der Waals surface area contributed by atoms with Crippen LogP contribution in [0.3, 0.4) is 0 Å². The van der Waals surface area contributed by atoms with Crippen LogP contribution in [0.2, 0.25) is 0 Å². The van der Waals surface area contributed by atoms with Crippen LogP contribution in [0.15, 0.2) is 42.5 Å². The molecule has 0 unspecified atom stereocenters. The number of carbonyl (C=O) groups excluding carboxylic acids is 3. The van der Waals surface area contributed by atoms with Crippen molar-refractivity contribution < 1.29 is 19.1 Å². The second-order valence-corrected chi connectivity index (χ2v) is 7.35. The number of esters is 1. The second kappa shape index (κ2) is 8.78. The molecule has 7 nitrogen and oxygen atoms in total. The van der Waals surface area contributed by atoms with Gasteiger partial charge in [-0.15, -0.1) is 0 Å². The van der Waals surface area contributed by atoms with Gasteiger partial charge in [0.25, 0.3) is 5.91 Å². The van der Waals surface area contributed by atoms with Gasteiger partial charge in [0.05, 0.1) is 17.2 Å². The highest BCUT2D eigenvalue weighted by atomic mass is 16.5. The van der Waals surface area contributed by atoms with Gasteiger partial charge in [-0.1, -0.05) is 24.3 Å². The van der Waals surface area contributed by atoms with Crippen molar-refractivity contribution in [2.24, 2.45) is 5.92 Å². The highest BCUT2D eigenvalue weighted by Crippen LogP contribution is 2.30. The Labute approximate surface area is 175 Å². The van der Waals surface area contributed by atoms with Crippen molar-refractivity contribution in [1.29, 1.82) is 5.26 Å². The first-order chi connectivity index (χ1) is 14.3. The summed E-state index contributed by atoms with van der Waals surface area (Å²) in [6.45, 7) is 5.58. The van der Waals surface area contributed by atoms with Crippen molar-refractivity contribution in [3.63, 3.8) is 0 Å². The molecule has 154 valence electrons. The molecule has 1 heterocycles. The molecule has 2 aromatic rings. The third-order valence-corrected chi connectivity index (χ3v) is 5.29. The lowest BCUT2D eigenvalue weighted by Gasteiger charge is -2.20. The average molecular weight is 405 g/mol. The molecule has 0 spiro atoms. The highest BCUT2D eigenvalue weighted by Gasteiger charge is 2.37. The number of rotatable bonds is 5. The zero-order chi connectivity index (χ0) is 21.8. The van der Waals surface area contributed by atoms with Crippen LogP contribution in [0, 0.1) is 31.1 Å². The van der Waals surface area contributed by atoms with Crippen molar-refractivity contribution >= 4 is 29.2 Å². The Bertz CT molecular complexity index is 1040. The first-order valence-electron chi connectivity index (χ1n) is 9.69. The summed E-state index contributed by atoms with van der Waals surface area (Å²) in [6, 6.07) is 14.3. The molecule has 30 heavy (non-hydrogen) atoms. The Morgan fingerprint density at radius 3 is 2.67 bits per heavy atom. The molecular formula is C23H23N3O4. The summed E-state index contributed by atoms with van der Waals surface area (Å²) in [6.07, 6.45) is -1.02. The maximum absolute atomic E-state index is 12.6. The fourth-order valence-corrected chi connectivity index (χ4v) is 3.37. The standard InChI is InChI=1S/C23H23N3O4/c1-14-7-6-10-20(15(14)2)26-13-18(11-21(26)27)23(29)30-16(3)22(28)25-19-9-5-4-8-17(19)12-24/h4-10,16,18H,11,13H2,1-3H3,(H,25,28)/t16-,18+/m0/s1. The molecule has 0 bridgehead atoms. The van der Waals surface area contributed by atoms with Gasteiger partial charge in [0, 0.05) is 18.7 Å². The Morgan fingerprint density at radius 1 is 1.20 bits per heavy atom. The van der Waals surface area contributed by atoms with Crippen LogP contribution in [-0.2, 0) is 19.1 Å². The number of hydrogen-bond donors (Lipinski definition) is 1. The highest BCUT2D eigenvalue weighted by molar-refractivity contribution is 6.01. The van der Waals surface area contributed by atoms with Gasteiger partial charge >= 0.3 is 5.97 Å². The fraction of sp³-hybridized carbons (Fsp3) is 0.304. The number of nitrogens with zero attached hydrogens (tertiary/aromatic N) is 2. The number of aryl methyl sites for hydroxylation is 1. The predicted octanol–water partition coefficient (Wildman–Crippen LogP) is 3.10. The Kier molecular flexibility index (Phi) is 6.17. The van der Waals surface area contributed by atoms with E-state index in [4.69, 9.17) is 10.00 Å². The summed E-state index contributed by atoms with van der Waals surface area (Å²) in [4.78, 5) is 39.1. The smallest absolute Gasteiger partial charge is 0.312 e. The molecular weight excluding hydrogens is 382 g/mol. The van der Waals surface area contributed by atoms with Crippen LogP contribution in [0.4, 0.5) is 11.4 Å². The van der Waals surface area contributed by atoms with Crippen LogP contribution in [0.1, 0.15) is 30.0 Å². The van der Waals surface area contributed by atoms with Crippen LogP contribution >= 0.6 is 0 Å². The van der Waals surface area contributed by atoms with E-state index in [0.717, 1.165) is 16.8 Å². The van der Waals surface area contributed by atoms with Crippen molar-refractivity contribution in [1.82, 2.24) is 0 Å². The number of ether oxygens (including phenoxy) is 1. The van der Waals surface area contributed by atoms with E-state index in [2.05, 4.69) is 5.32 Å². The molecule has 1 N–H and O–H groups in total. The molecule has 0 aromatic heterocycles. The molecule has 2 amide bonds. The number of benzene rings is 2. The van der Waals surface area contributed by atoms with E-state index in [9.17, 15) is 14.4 Å². The molecule has 1 aliphatic heterocycles. The average Bonchev–Trinajstić information content (AvgIpc) is 3.12. The van der Waals surface area contributed by atoms with E-state index in [1.807, 2.05) is 38.1 Å². The first kappa shape index (κ1) is 21.1. The largest absolute Gasteiger partial charge is 0.452 e. The van der Waals surface area contributed by atoms with Crippen molar-refractivity contribution in [2.75, 3.05) is 16.8 Å². The van der Waals surface area contributed by atoms with Crippen molar-refractivity contribution in [3.8, 4) is 6.07 Å². The number of carbonyl (C=O) groups is 3. The molecule has 1 fully saturated rings. The topological polar surface area (TPSA) is 99.5 Å². The number of nitriles is 1. The monoisotopic (exact) mass is 405 g/mol. The summed E-state index contributed by atoms with van der Waals surface area (Å²) in [5, 5.41) is 11.7. The fourth-order valence-electron chi connectivity index (χ4n) is 3.37. The molecule has 0 saturated carbocycles. The number of hydrogen-bond acceptors (Lipinski definition) is 5. The minimum atomic E-state index is -1.06. The Balaban J connectivity index is 1.63. The third-order valence-electron chi connectivity index (χ3n) is 5.29. The summed E-state index contributed by atoms with van der Waals surface area (Å²) in [7, 11) is 0. The minimum Gasteiger partial charge on any atom is -0.452 e. The SMILES string of the molecule is Cc1cccc(N2C[C@H](C(=O)O[C@@H](C)C(=O)Nc3ccccc3C#N)CC2=O)c1C. The van der Waals surface area contributed by atoms with Gasteiger partial charge in [-0.2, -0.15) is 5.26 Å². The zero-order valence-corrected chi connectivity index (χ0v) is 17.1. The van der Waals surface area contributed by atoms with Gasteiger partial charge in [0.1, 0.15) is 6.07 Å². The summed E-state index contributed by atoms with van der Waals surface area (Å²) >= 11 is 0. The number of anilines is 2. The zero-order valence-electron chi connectivity index (χ0n) is 17.1. The third kappa shape index (κ3) is 4.33. The van der Waals surface area contributed by atoms with Crippen LogP contribution in [-0.4, -0.2) is 30.4 Å². The van der Waals surface area contributed by atoms with E-state index in [1.54, 1.807) is 29.2 Å². The predicted molar refractivity (Wildman–Crippen MR) is 112 cm³/mol. The van der Waals surface area contributed by atoms with E-state index in [0.29, 0.717) is 11.3 Å². The second-order valence-electron chi connectivity index (χ2n) is 7.35. The maximum atomic E-state index is 12.6. The lowest BCUT2D eigenvalue weighted by Crippen LogP contribution is -2.33. The van der Waals surface area contributed by atoms with E-state index < -0.39 is 23.9 Å². The number of para-hydroxylation sites is 1. The van der Waals surface area contributed by atoms with E-state index in [1.165, 1.54) is 6.92 Å². The summed E-state index contributed by atoms with van der Waals surface area (Å²) in [5.41, 5.74) is 3.51. The normalized spacial score (nSPS) is 16.7. The molecule has 7 heteroatoms. The van der Waals surface area contributed by atoms with Crippen molar-refractivity contribution in [3.05, 3.63) is 59.2 Å². The van der Waals surface area contributed by atoms with Gasteiger partial charge in [-0.05, 0) is 50.1 Å². The molecule has 1 saturated heterocycles. The van der Waals surface area contributed by atoms with Gasteiger partial charge in [-0.25, -0.2) is 0 Å². The summed E-state index contributed by atoms with van der Waals surface area (Å²) < 4.78 is 5.32. The van der Waals surface area contributed by atoms with Gasteiger partial charge in [0.15, 0.2) is 6.10 Å². The van der Waals surface area contributed by atoms with Crippen LogP contribution < -0.4 is 10.2 Å². The van der Waals surface area contributed by atoms with Crippen LogP contribution in [0.5, 0.6) is 0 Å². The number of nitrogens with one attached hydrogen (secondary N) is 1. The maximum Gasteiger partial charge on any atom is 0.312 e. The van der Waals surface area contributed by atoms with Gasteiger partial charge in [0.2, 0.25) is 5.91 Å². The molecule has 0 aliphatic carbocycles. The quantitative estimate of drug-likeness (QED) is 0.771. The van der Waals surface area contributed by atoms with E-state index in [-0.39, 0.29) is 18.9 Å². The molecule has 0 radical (unpaired) electrons. The lowest BCUT2D eigenvalue weighted by molar-refractivity contribution is -0.157. The lowest BCUT2D eigenvalue weighted by atomic mass is 10.1. The minimum absolute atomic E-state index is 0.0395. The molecule has 1 aliphatic rings.